The summed E-state index contributed by atoms with van der Waals surface area (Å²) in [6.45, 7) is 5.71. The lowest BCUT2D eigenvalue weighted by Gasteiger charge is -2.10. The van der Waals surface area contributed by atoms with E-state index in [-0.39, 0.29) is 23.5 Å². The van der Waals surface area contributed by atoms with Crippen molar-refractivity contribution in [1.29, 1.82) is 0 Å². The van der Waals surface area contributed by atoms with Crippen LogP contribution in [0.25, 0.3) is 0 Å². The molecular weight excluding hydrogens is 282 g/mol. The summed E-state index contributed by atoms with van der Waals surface area (Å²) in [4.78, 5) is 1.28. The van der Waals surface area contributed by atoms with Crippen molar-refractivity contribution in [3.05, 3.63) is 24.3 Å². The van der Waals surface area contributed by atoms with Crippen molar-refractivity contribution in [2.45, 2.75) is 36.6 Å². The minimum Gasteiger partial charge on any atom is -0.396 e. The third-order valence-corrected chi connectivity index (χ3v) is 5.39. The van der Waals surface area contributed by atoms with Crippen molar-refractivity contribution in [3.8, 4) is 0 Å². The van der Waals surface area contributed by atoms with Gasteiger partial charge in [-0.15, -0.1) is 11.8 Å². The van der Waals surface area contributed by atoms with Gasteiger partial charge < -0.3 is 5.11 Å². The molecule has 0 bridgehead atoms. The molecule has 0 aromatic heterocycles. The van der Waals surface area contributed by atoms with E-state index in [4.69, 9.17) is 5.11 Å². The molecule has 0 aliphatic heterocycles. The van der Waals surface area contributed by atoms with Crippen LogP contribution in [0, 0.1) is 5.92 Å². The van der Waals surface area contributed by atoms with E-state index in [2.05, 4.69) is 4.72 Å². The van der Waals surface area contributed by atoms with Gasteiger partial charge in [0.25, 0.3) is 0 Å². The molecule has 1 rings (SSSR count). The van der Waals surface area contributed by atoms with Gasteiger partial charge in [0.15, 0.2) is 0 Å². The molecule has 0 heterocycles. The number of aliphatic hydroxyl groups excluding tert-OH is 1. The summed E-state index contributed by atoms with van der Waals surface area (Å²) >= 11 is 1.61. The largest absolute Gasteiger partial charge is 0.396 e. The van der Waals surface area contributed by atoms with Gasteiger partial charge in [-0.3, -0.25) is 0 Å². The van der Waals surface area contributed by atoms with Gasteiger partial charge in [-0.25, -0.2) is 13.1 Å². The Kier molecular flexibility index (Phi) is 6.32. The van der Waals surface area contributed by atoms with Crippen molar-refractivity contribution in [2.24, 2.45) is 5.92 Å². The first-order chi connectivity index (χ1) is 8.85. The topological polar surface area (TPSA) is 66.4 Å². The monoisotopic (exact) mass is 303 g/mol. The summed E-state index contributed by atoms with van der Waals surface area (Å²) in [5.74, 6) is 1.04. The Hall–Kier alpha value is -0.560. The third-order valence-electron chi connectivity index (χ3n) is 2.37. The minimum atomic E-state index is -3.41. The van der Waals surface area contributed by atoms with Crippen LogP contribution >= 0.6 is 11.8 Å². The lowest BCUT2D eigenvalue weighted by Crippen LogP contribution is -2.30. The summed E-state index contributed by atoms with van der Waals surface area (Å²) in [5.41, 5.74) is 0. The average molecular weight is 303 g/mol. The van der Waals surface area contributed by atoms with Gasteiger partial charge in [0.2, 0.25) is 10.0 Å². The number of thioether (sulfide) groups is 1. The van der Waals surface area contributed by atoms with E-state index in [0.29, 0.717) is 0 Å². The van der Waals surface area contributed by atoms with E-state index < -0.39 is 10.0 Å². The average Bonchev–Trinajstić information content (AvgIpc) is 2.35. The number of sulfonamides is 1. The molecule has 1 atom stereocenters. The molecule has 1 aromatic carbocycles. The van der Waals surface area contributed by atoms with Gasteiger partial charge in [0.1, 0.15) is 0 Å². The molecule has 2 N–H and O–H groups in total. The molecule has 0 radical (unpaired) electrons. The predicted octanol–water partition coefficient (Wildman–Crippen LogP) is 2.09. The van der Waals surface area contributed by atoms with E-state index in [9.17, 15) is 8.42 Å². The van der Waals surface area contributed by atoms with E-state index >= 15 is 0 Å². The molecule has 6 heteroatoms. The van der Waals surface area contributed by atoms with Crippen molar-refractivity contribution in [2.75, 3.05) is 12.4 Å². The van der Waals surface area contributed by atoms with Crippen molar-refractivity contribution < 1.29 is 13.5 Å². The van der Waals surface area contributed by atoms with Crippen LogP contribution in [0.3, 0.4) is 0 Å². The predicted molar refractivity (Wildman–Crippen MR) is 78.9 cm³/mol. The van der Waals surface area contributed by atoms with Crippen LogP contribution in [-0.2, 0) is 10.0 Å². The van der Waals surface area contributed by atoms with Gasteiger partial charge in [-0.2, -0.15) is 0 Å². The standard InChI is InChI=1S/C13H21NO3S2/c1-10(2)14-19(16,17)13-6-4-12(5-7-13)18-9-11(3)8-15/h4-7,10-11,14-15H,8-9H2,1-3H3. The summed E-state index contributed by atoms with van der Waals surface area (Å²) in [7, 11) is -3.41. The fourth-order valence-electron chi connectivity index (χ4n) is 1.38. The number of aliphatic hydroxyl groups is 1. The number of benzene rings is 1. The van der Waals surface area contributed by atoms with E-state index in [1.54, 1.807) is 49.9 Å². The number of nitrogens with one attached hydrogen (secondary N) is 1. The fraction of sp³-hybridized carbons (Fsp3) is 0.538. The molecule has 19 heavy (non-hydrogen) atoms. The number of hydrogen-bond acceptors (Lipinski definition) is 4. The van der Waals surface area contributed by atoms with Crippen LogP contribution in [0.1, 0.15) is 20.8 Å². The Labute approximate surface area is 119 Å². The Bertz CT molecular complexity index is 483. The molecule has 0 fully saturated rings. The number of rotatable bonds is 7. The Morgan fingerprint density at radius 1 is 1.21 bits per heavy atom. The summed E-state index contributed by atoms with van der Waals surface area (Å²) in [6, 6.07) is 6.69. The zero-order valence-electron chi connectivity index (χ0n) is 11.5. The fourth-order valence-corrected chi connectivity index (χ4v) is 3.55. The van der Waals surface area contributed by atoms with E-state index in [1.165, 1.54) is 0 Å². The molecule has 1 unspecified atom stereocenters. The number of hydrogen-bond donors (Lipinski definition) is 2. The van der Waals surface area contributed by atoms with Crippen LogP contribution < -0.4 is 4.72 Å². The molecule has 1 aromatic rings. The molecule has 0 spiro atoms. The molecule has 0 saturated carbocycles. The summed E-state index contributed by atoms with van der Waals surface area (Å²) in [5, 5.41) is 8.95. The smallest absolute Gasteiger partial charge is 0.240 e. The molecular formula is C13H21NO3S2. The summed E-state index contributed by atoms with van der Waals surface area (Å²) < 4.78 is 26.4. The van der Waals surface area contributed by atoms with E-state index in [1.807, 2.05) is 6.92 Å². The van der Waals surface area contributed by atoms with Gasteiger partial charge in [0, 0.05) is 23.3 Å². The van der Waals surface area contributed by atoms with Gasteiger partial charge in [-0.1, -0.05) is 6.92 Å². The minimum absolute atomic E-state index is 0.121. The van der Waals surface area contributed by atoms with E-state index in [0.717, 1.165) is 10.6 Å². The van der Waals surface area contributed by atoms with Crippen LogP contribution in [0.4, 0.5) is 0 Å². The maximum atomic E-state index is 11.9. The lowest BCUT2D eigenvalue weighted by molar-refractivity contribution is 0.250. The van der Waals surface area contributed by atoms with Gasteiger partial charge >= 0.3 is 0 Å². The van der Waals surface area contributed by atoms with Crippen molar-refractivity contribution in [1.82, 2.24) is 4.72 Å². The first-order valence-electron chi connectivity index (χ1n) is 6.21. The Morgan fingerprint density at radius 3 is 2.26 bits per heavy atom. The quantitative estimate of drug-likeness (QED) is 0.757. The SMILES string of the molecule is CC(CO)CSc1ccc(S(=O)(=O)NC(C)C)cc1. The van der Waals surface area contributed by atoms with Crippen molar-refractivity contribution in [3.63, 3.8) is 0 Å². The zero-order chi connectivity index (χ0) is 14.5. The maximum Gasteiger partial charge on any atom is 0.240 e. The molecule has 108 valence electrons. The van der Waals surface area contributed by atoms with Crippen LogP contribution in [0.2, 0.25) is 0 Å². The van der Waals surface area contributed by atoms with Crippen LogP contribution in [0.15, 0.2) is 34.1 Å². The first kappa shape index (κ1) is 16.5. The maximum absolute atomic E-state index is 11.9. The van der Waals surface area contributed by atoms with Crippen LogP contribution in [0.5, 0.6) is 0 Å². The molecule has 4 nitrogen and oxygen atoms in total. The second-order valence-corrected chi connectivity index (χ2v) is 7.65. The first-order valence-corrected chi connectivity index (χ1v) is 8.68. The Morgan fingerprint density at radius 2 is 1.79 bits per heavy atom. The molecule has 0 aliphatic rings. The second-order valence-electron chi connectivity index (χ2n) is 4.85. The van der Waals surface area contributed by atoms with Crippen LogP contribution in [-0.4, -0.2) is 31.9 Å². The van der Waals surface area contributed by atoms with Gasteiger partial charge in [0.05, 0.1) is 4.90 Å². The molecule has 0 aliphatic carbocycles. The Balaban J connectivity index is 2.71. The third kappa shape index (κ3) is 5.52. The highest BCUT2D eigenvalue weighted by molar-refractivity contribution is 7.99. The highest BCUT2D eigenvalue weighted by Gasteiger charge is 2.14. The highest BCUT2D eigenvalue weighted by Crippen LogP contribution is 2.22. The normalized spacial score (nSPS) is 13.7. The highest BCUT2D eigenvalue weighted by atomic mass is 32.2. The summed E-state index contributed by atoms with van der Waals surface area (Å²) in [6.07, 6.45) is 0. The molecule has 0 amide bonds. The van der Waals surface area contributed by atoms with Crippen molar-refractivity contribution >= 4 is 21.8 Å². The zero-order valence-corrected chi connectivity index (χ0v) is 13.1. The second kappa shape index (κ2) is 7.28. The van der Waals surface area contributed by atoms with Gasteiger partial charge in [-0.05, 0) is 44.0 Å². The lowest BCUT2D eigenvalue weighted by atomic mass is 10.2. The molecule has 0 saturated heterocycles.